The molecule has 1 aliphatic heterocycles. The first-order valence-electron chi connectivity index (χ1n) is 13.3. The summed E-state index contributed by atoms with van der Waals surface area (Å²) >= 11 is 0. The van der Waals surface area contributed by atoms with Crippen molar-refractivity contribution < 1.29 is 19.0 Å². The topological polar surface area (TPSA) is 64.1 Å². The van der Waals surface area contributed by atoms with Crippen molar-refractivity contribution in [3.8, 4) is 28.6 Å². The highest BCUT2D eigenvalue weighted by atomic mass is 16.5. The molecule has 202 valence electrons. The molecule has 0 unspecified atom stereocenters. The zero-order valence-electron chi connectivity index (χ0n) is 23.0. The first kappa shape index (κ1) is 27.6. The van der Waals surface area contributed by atoms with Crippen LogP contribution in [0, 0.1) is 0 Å². The predicted octanol–water partition coefficient (Wildman–Crippen LogP) is 4.52. The first-order valence-corrected chi connectivity index (χ1v) is 13.3. The third-order valence-electron chi connectivity index (χ3n) is 6.97. The van der Waals surface area contributed by atoms with Crippen molar-refractivity contribution in [3.05, 3.63) is 71.8 Å². The SMILES string of the molecule is COc1ccc(CCOc2cccc(-c3cccc(CC(=O)CN4CCN(C(C)C)CC4)c3)n2)cc1OC. The van der Waals surface area contributed by atoms with E-state index in [1.54, 1.807) is 14.2 Å². The summed E-state index contributed by atoms with van der Waals surface area (Å²) in [6.07, 6.45) is 1.15. The molecule has 0 saturated carbocycles. The van der Waals surface area contributed by atoms with Gasteiger partial charge in [-0.3, -0.25) is 14.6 Å². The van der Waals surface area contributed by atoms with Gasteiger partial charge in [0.2, 0.25) is 5.88 Å². The number of carbonyl (C=O) groups excluding carboxylic acids is 1. The monoisotopic (exact) mass is 517 g/mol. The largest absolute Gasteiger partial charge is 0.493 e. The number of pyridine rings is 1. The number of hydrogen-bond donors (Lipinski definition) is 0. The smallest absolute Gasteiger partial charge is 0.213 e. The lowest BCUT2D eigenvalue weighted by atomic mass is 10.0. The highest BCUT2D eigenvalue weighted by molar-refractivity contribution is 5.83. The Morgan fingerprint density at radius 2 is 1.66 bits per heavy atom. The Labute approximate surface area is 226 Å². The highest BCUT2D eigenvalue weighted by Crippen LogP contribution is 2.28. The molecule has 7 nitrogen and oxygen atoms in total. The van der Waals surface area contributed by atoms with Gasteiger partial charge < -0.3 is 14.2 Å². The van der Waals surface area contributed by atoms with Crippen LogP contribution in [0.15, 0.2) is 60.7 Å². The fourth-order valence-corrected chi connectivity index (χ4v) is 4.78. The molecule has 2 heterocycles. The number of piperazine rings is 1. The minimum absolute atomic E-state index is 0.250. The Morgan fingerprint density at radius 1 is 0.895 bits per heavy atom. The molecule has 0 amide bonds. The van der Waals surface area contributed by atoms with Crippen LogP contribution < -0.4 is 14.2 Å². The molecule has 38 heavy (non-hydrogen) atoms. The van der Waals surface area contributed by atoms with E-state index in [-0.39, 0.29) is 5.78 Å². The summed E-state index contributed by atoms with van der Waals surface area (Å²) in [5, 5.41) is 0. The fourth-order valence-electron chi connectivity index (χ4n) is 4.78. The van der Waals surface area contributed by atoms with Gasteiger partial charge in [-0.1, -0.05) is 30.3 Å². The molecule has 0 spiro atoms. The van der Waals surface area contributed by atoms with Crippen LogP contribution in [0.5, 0.6) is 17.4 Å². The molecule has 4 rings (SSSR count). The van der Waals surface area contributed by atoms with Crippen LogP contribution in [0.25, 0.3) is 11.3 Å². The molecule has 2 aromatic carbocycles. The molecular weight excluding hydrogens is 478 g/mol. The summed E-state index contributed by atoms with van der Waals surface area (Å²) in [6.45, 7) is 9.41. The second-order valence-corrected chi connectivity index (χ2v) is 9.97. The third kappa shape index (κ3) is 7.55. The zero-order chi connectivity index (χ0) is 26.9. The highest BCUT2D eigenvalue weighted by Gasteiger charge is 2.20. The molecular formula is C31H39N3O4. The summed E-state index contributed by atoms with van der Waals surface area (Å²) in [5.74, 6) is 2.24. The van der Waals surface area contributed by atoms with E-state index in [9.17, 15) is 4.79 Å². The van der Waals surface area contributed by atoms with Crippen molar-refractivity contribution >= 4 is 5.78 Å². The van der Waals surface area contributed by atoms with Crippen LogP contribution in [-0.4, -0.2) is 80.2 Å². The van der Waals surface area contributed by atoms with E-state index in [1.807, 2.05) is 54.6 Å². The lowest BCUT2D eigenvalue weighted by Crippen LogP contribution is -2.50. The van der Waals surface area contributed by atoms with Crippen molar-refractivity contribution in [2.45, 2.75) is 32.7 Å². The number of carbonyl (C=O) groups is 1. The maximum absolute atomic E-state index is 12.8. The fraction of sp³-hybridized carbons (Fsp3) is 0.419. The summed E-state index contributed by atoms with van der Waals surface area (Å²) in [5.41, 5.74) is 3.91. The second kappa shape index (κ2) is 13.4. The Hall–Kier alpha value is -3.42. The number of benzene rings is 2. The van der Waals surface area contributed by atoms with E-state index >= 15 is 0 Å². The van der Waals surface area contributed by atoms with E-state index in [0.717, 1.165) is 55.0 Å². The molecule has 0 radical (unpaired) electrons. The van der Waals surface area contributed by atoms with Gasteiger partial charge in [-0.25, -0.2) is 4.98 Å². The van der Waals surface area contributed by atoms with Crippen molar-refractivity contribution in [1.82, 2.24) is 14.8 Å². The van der Waals surface area contributed by atoms with E-state index in [1.165, 1.54) is 0 Å². The first-order chi connectivity index (χ1) is 18.4. The van der Waals surface area contributed by atoms with Gasteiger partial charge in [0.05, 0.1) is 33.1 Å². The number of ketones is 1. The van der Waals surface area contributed by atoms with Gasteiger partial charge in [0.1, 0.15) is 0 Å². The number of ether oxygens (including phenoxy) is 3. The van der Waals surface area contributed by atoms with E-state index in [0.29, 0.717) is 43.0 Å². The van der Waals surface area contributed by atoms with Crippen molar-refractivity contribution in [2.75, 3.05) is 53.6 Å². The number of Topliss-reactive ketones (excluding diaryl/α,β-unsaturated/α-hetero) is 1. The zero-order valence-corrected chi connectivity index (χ0v) is 23.0. The average molecular weight is 518 g/mol. The van der Waals surface area contributed by atoms with Crippen LogP contribution in [0.1, 0.15) is 25.0 Å². The number of rotatable bonds is 12. The molecule has 0 bridgehead atoms. The molecule has 0 atom stereocenters. The van der Waals surface area contributed by atoms with Gasteiger partial charge in [-0.2, -0.15) is 0 Å². The Kier molecular flexibility index (Phi) is 9.73. The molecule has 0 N–H and O–H groups in total. The van der Waals surface area contributed by atoms with Gasteiger partial charge in [0.15, 0.2) is 17.3 Å². The van der Waals surface area contributed by atoms with Crippen LogP contribution >= 0.6 is 0 Å². The molecule has 1 saturated heterocycles. The van der Waals surface area contributed by atoms with E-state index in [4.69, 9.17) is 19.2 Å². The quantitative estimate of drug-likeness (QED) is 0.350. The van der Waals surface area contributed by atoms with Crippen LogP contribution in [0.3, 0.4) is 0 Å². The molecule has 0 aliphatic carbocycles. The van der Waals surface area contributed by atoms with Crippen LogP contribution in [0.2, 0.25) is 0 Å². The maximum atomic E-state index is 12.8. The van der Waals surface area contributed by atoms with E-state index < -0.39 is 0 Å². The number of nitrogens with zero attached hydrogens (tertiary/aromatic N) is 3. The Bertz CT molecular complexity index is 1210. The summed E-state index contributed by atoms with van der Waals surface area (Å²) < 4.78 is 16.6. The van der Waals surface area contributed by atoms with Gasteiger partial charge in [0, 0.05) is 56.7 Å². The van der Waals surface area contributed by atoms with Gasteiger partial charge in [-0.15, -0.1) is 0 Å². The average Bonchev–Trinajstić information content (AvgIpc) is 2.93. The Morgan fingerprint density at radius 3 is 2.39 bits per heavy atom. The number of methoxy groups -OCH3 is 2. The normalized spacial score (nSPS) is 14.4. The second-order valence-electron chi connectivity index (χ2n) is 9.97. The Balaban J connectivity index is 1.31. The lowest BCUT2D eigenvalue weighted by molar-refractivity contribution is -0.120. The number of aromatic nitrogens is 1. The maximum Gasteiger partial charge on any atom is 0.213 e. The van der Waals surface area contributed by atoms with Gasteiger partial charge in [-0.05, 0) is 49.2 Å². The van der Waals surface area contributed by atoms with Crippen LogP contribution in [0.4, 0.5) is 0 Å². The molecule has 7 heteroatoms. The lowest BCUT2D eigenvalue weighted by Gasteiger charge is -2.36. The minimum atomic E-state index is 0.250. The summed E-state index contributed by atoms with van der Waals surface area (Å²) in [6, 6.07) is 20.3. The van der Waals surface area contributed by atoms with Crippen molar-refractivity contribution in [2.24, 2.45) is 0 Å². The molecule has 1 aromatic heterocycles. The third-order valence-corrected chi connectivity index (χ3v) is 6.97. The van der Waals surface area contributed by atoms with Gasteiger partial charge in [0.25, 0.3) is 0 Å². The summed E-state index contributed by atoms with van der Waals surface area (Å²) in [4.78, 5) is 22.2. The van der Waals surface area contributed by atoms with Crippen molar-refractivity contribution in [1.29, 1.82) is 0 Å². The van der Waals surface area contributed by atoms with E-state index in [2.05, 4.69) is 29.7 Å². The standard InChI is InChI=1S/C31H39N3O4/c1-23(2)34-16-14-33(15-17-34)22-27(35)20-25-7-5-8-26(19-25)28-9-6-10-31(32-28)38-18-13-24-11-12-29(36-3)30(21-24)37-4/h5-12,19,21,23H,13-18,20,22H2,1-4H3. The molecule has 1 aliphatic rings. The summed E-state index contributed by atoms with van der Waals surface area (Å²) in [7, 11) is 3.26. The van der Waals surface area contributed by atoms with Crippen molar-refractivity contribution in [3.63, 3.8) is 0 Å². The minimum Gasteiger partial charge on any atom is -0.493 e. The molecule has 3 aromatic rings. The number of hydrogen-bond acceptors (Lipinski definition) is 7. The van der Waals surface area contributed by atoms with Gasteiger partial charge >= 0.3 is 0 Å². The predicted molar refractivity (Wildman–Crippen MR) is 150 cm³/mol. The molecule has 1 fully saturated rings. The van der Waals surface area contributed by atoms with Crippen LogP contribution in [-0.2, 0) is 17.6 Å².